The van der Waals surface area contributed by atoms with E-state index in [1.54, 1.807) is 11.3 Å². The summed E-state index contributed by atoms with van der Waals surface area (Å²) in [5.41, 5.74) is 2.53. The van der Waals surface area contributed by atoms with Gasteiger partial charge < -0.3 is 10.2 Å². The van der Waals surface area contributed by atoms with Crippen LogP contribution in [0.5, 0.6) is 0 Å². The number of nitrogens with zero attached hydrogens (tertiary/aromatic N) is 2. The van der Waals surface area contributed by atoms with Gasteiger partial charge in [-0.25, -0.2) is 4.98 Å². The van der Waals surface area contributed by atoms with E-state index in [2.05, 4.69) is 48.5 Å². The second-order valence-electron chi connectivity index (χ2n) is 4.59. The molecule has 0 bridgehead atoms. The zero-order chi connectivity index (χ0) is 13.7. The van der Waals surface area contributed by atoms with E-state index in [9.17, 15) is 0 Å². The fraction of sp³-hybridized carbons (Fsp3) is 0.400. The number of anilines is 1. The molecule has 0 radical (unpaired) electrons. The van der Waals surface area contributed by atoms with Gasteiger partial charge in [0.2, 0.25) is 0 Å². The maximum atomic E-state index is 4.75. The number of aryl methyl sites for hydroxylation is 1. The van der Waals surface area contributed by atoms with E-state index >= 15 is 0 Å². The number of thiazole rings is 1. The van der Waals surface area contributed by atoms with Crippen molar-refractivity contribution < 1.29 is 0 Å². The van der Waals surface area contributed by atoms with Crippen LogP contribution in [0.15, 0.2) is 30.3 Å². The third-order valence-electron chi connectivity index (χ3n) is 3.03. The smallest absolute Gasteiger partial charge is 0.185 e. The lowest BCUT2D eigenvalue weighted by Crippen LogP contribution is -2.15. The Hall–Kier alpha value is -1.39. The zero-order valence-electron chi connectivity index (χ0n) is 11.8. The number of benzene rings is 1. The summed E-state index contributed by atoms with van der Waals surface area (Å²) in [6.45, 7) is 3.96. The third-order valence-corrected chi connectivity index (χ3v) is 4.24. The first-order chi connectivity index (χ1) is 9.24. The Kier molecular flexibility index (Phi) is 4.93. The van der Waals surface area contributed by atoms with Crippen molar-refractivity contribution in [3.63, 3.8) is 0 Å². The van der Waals surface area contributed by atoms with E-state index in [0.29, 0.717) is 0 Å². The molecule has 1 N–H and O–H groups in total. The van der Waals surface area contributed by atoms with Gasteiger partial charge in [-0.1, -0.05) is 37.3 Å². The lowest BCUT2D eigenvalue weighted by atomic mass is 10.2. The minimum atomic E-state index is 0.899. The summed E-state index contributed by atoms with van der Waals surface area (Å²) in [7, 11) is 4.08. The summed E-state index contributed by atoms with van der Waals surface area (Å²) >= 11 is 1.79. The first-order valence-corrected chi connectivity index (χ1v) is 7.44. The first kappa shape index (κ1) is 14.0. The Morgan fingerprint density at radius 2 is 2.00 bits per heavy atom. The second-order valence-corrected chi connectivity index (χ2v) is 5.65. The minimum absolute atomic E-state index is 0.899. The van der Waals surface area contributed by atoms with Gasteiger partial charge in [-0.15, -0.1) is 11.3 Å². The molecule has 19 heavy (non-hydrogen) atoms. The number of aromatic nitrogens is 1. The summed E-state index contributed by atoms with van der Waals surface area (Å²) in [6, 6.07) is 10.5. The van der Waals surface area contributed by atoms with Gasteiger partial charge >= 0.3 is 0 Å². The Morgan fingerprint density at radius 3 is 2.63 bits per heavy atom. The summed E-state index contributed by atoms with van der Waals surface area (Å²) in [5, 5.41) is 4.32. The van der Waals surface area contributed by atoms with Crippen LogP contribution in [0.3, 0.4) is 0 Å². The summed E-state index contributed by atoms with van der Waals surface area (Å²) < 4.78 is 0. The lowest BCUT2D eigenvalue weighted by molar-refractivity contribution is 0.813. The fourth-order valence-corrected chi connectivity index (χ4v) is 3.15. The zero-order valence-corrected chi connectivity index (χ0v) is 12.6. The van der Waals surface area contributed by atoms with Gasteiger partial charge in [-0.3, -0.25) is 0 Å². The van der Waals surface area contributed by atoms with Crippen LogP contribution in [-0.2, 0) is 19.5 Å². The van der Waals surface area contributed by atoms with Crippen LogP contribution in [0.4, 0.5) is 5.13 Å². The maximum absolute atomic E-state index is 4.75. The Balaban J connectivity index is 2.12. The van der Waals surface area contributed by atoms with Gasteiger partial charge in [-0.05, 0) is 19.0 Å². The van der Waals surface area contributed by atoms with E-state index < -0.39 is 0 Å². The molecule has 102 valence electrons. The molecule has 0 saturated carbocycles. The van der Waals surface area contributed by atoms with Crippen LogP contribution in [0.2, 0.25) is 0 Å². The highest BCUT2D eigenvalue weighted by Gasteiger charge is 2.12. The van der Waals surface area contributed by atoms with E-state index in [4.69, 9.17) is 4.98 Å². The van der Waals surface area contributed by atoms with Gasteiger partial charge in [0.25, 0.3) is 0 Å². The lowest BCUT2D eigenvalue weighted by Gasteiger charge is -2.15. The Labute approximate surface area is 119 Å². The summed E-state index contributed by atoms with van der Waals surface area (Å²) in [4.78, 5) is 8.32. The number of hydrogen-bond acceptors (Lipinski definition) is 4. The van der Waals surface area contributed by atoms with Crippen molar-refractivity contribution in [1.82, 2.24) is 10.3 Å². The van der Waals surface area contributed by atoms with E-state index in [-0.39, 0.29) is 0 Å². The number of hydrogen-bond donors (Lipinski definition) is 1. The molecule has 0 fully saturated rings. The largest absolute Gasteiger partial charge is 0.347 e. The van der Waals surface area contributed by atoms with Crippen LogP contribution < -0.4 is 10.2 Å². The van der Waals surface area contributed by atoms with Gasteiger partial charge in [0, 0.05) is 25.0 Å². The van der Waals surface area contributed by atoms with E-state index in [1.807, 2.05) is 13.1 Å². The molecule has 4 heteroatoms. The van der Waals surface area contributed by atoms with Crippen LogP contribution in [0, 0.1) is 0 Å². The second kappa shape index (κ2) is 6.68. The molecule has 0 unspecified atom stereocenters. The number of nitrogens with one attached hydrogen (secondary N) is 1. The quantitative estimate of drug-likeness (QED) is 0.878. The molecule has 0 aliphatic carbocycles. The van der Waals surface area contributed by atoms with Crippen molar-refractivity contribution in [3.8, 4) is 0 Å². The molecule has 2 aromatic rings. The molecule has 1 aromatic carbocycles. The molecule has 1 heterocycles. The van der Waals surface area contributed by atoms with Crippen molar-refractivity contribution in [2.45, 2.75) is 26.4 Å². The van der Waals surface area contributed by atoms with Crippen LogP contribution in [0.1, 0.15) is 23.1 Å². The first-order valence-electron chi connectivity index (χ1n) is 6.62. The van der Waals surface area contributed by atoms with Crippen molar-refractivity contribution >= 4 is 16.5 Å². The summed E-state index contributed by atoms with van der Waals surface area (Å²) in [6.07, 6.45) is 0.993. The third kappa shape index (κ3) is 3.55. The highest BCUT2D eigenvalue weighted by Crippen LogP contribution is 2.27. The van der Waals surface area contributed by atoms with Crippen LogP contribution >= 0.6 is 11.3 Å². The average Bonchev–Trinajstić information content (AvgIpc) is 2.83. The van der Waals surface area contributed by atoms with Gasteiger partial charge in [0.15, 0.2) is 5.13 Å². The maximum Gasteiger partial charge on any atom is 0.185 e. The molecule has 0 aliphatic heterocycles. The predicted molar refractivity (Wildman–Crippen MR) is 82.8 cm³/mol. The van der Waals surface area contributed by atoms with Crippen LogP contribution in [0.25, 0.3) is 0 Å². The van der Waals surface area contributed by atoms with Gasteiger partial charge in [-0.2, -0.15) is 0 Å². The van der Waals surface area contributed by atoms with Crippen molar-refractivity contribution in [2.75, 3.05) is 19.0 Å². The van der Waals surface area contributed by atoms with Crippen LogP contribution in [-0.4, -0.2) is 19.1 Å². The molecule has 3 nitrogen and oxygen atoms in total. The molecule has 1 aromatic heterocycles. The van der Waals surface area contributed by atoms with Crippen molar-refractivity contribution in [3.05, 3.63) is 46.5 Å². The molecule has 0 spiro atoms. The summed E-state index contributed by atoms with van der Waals surface area (Å²) in [5.74, 6) is 0. The molecule has 0 amide bonds. The average molecular weight is 275 g/mol. The van der Waals surface area contributed by atoms with Gasteiger partial charge in [0.05, 0.1) is 5.69 Å². The highest BCUT2D eigenvalue weighted by molar-refractivity contribution is 7.15. The molecular formula is C15H21N3S. The molecular weight excluding hydrogens is 254 g/mol. The molecule has 2 rings (SSSR count). The van der Waals surface area contributed by atoms with Crippen molar-refractivity contribution in [1.29, 1.82) is 0 Å². The normalized spacial score (nSPS) is 10.7. The molecule has 0 atom stereocenters. The molecule has 0 saturated heterocycles. The molecule has 0 aliphatic rings. The Morgan fingerprint density at radius 1 is 1.26 bits per heavy atom. The van der Waals surface area contributed by atoms with E-state index in [0.717, 1.165) is 24.6 Å². The number of rotatable bonds is 6. The van der Waals surface area contributed by atoms with Gasteiger partial charge in [0.1, 0.15) is 0 Å². The van der Waals surface area contributed by atoms with Crippen molar-refractivity contribution in [2.24, 2.45) is 0 Å². The highest BCUT2D eigenvalue weighted by atomic mass is 32.1. The standard InChI is InChI=1S/C15H21N3S/c1-4-13-14(10-16-2)19-15(17-13)18(3)11-12-8-6-5-7-9-12/h5-9,16H,4,10-11H2,1-3H3. The SMILES string of the molecule is CCc1nc(N(C)Cc2ccccc2)sc1CNC. The fourth-order valence-electron chi connectivity index (χ4n) is 2.03. The minimum Gasteiger partial charge on any atom is -0.347 e. The van der Waals surface area contributed by atoms with E-state index in [1.165, 1.54) is 16.1 Å². The monoisotopic (exact) mass is 275 g/mol. The topological polar surface area (TPSA) is 28.2 Å². The Bertz CT molecular complexity index is 507. The predicted octanol–water partition coefficient (Wildman–Crippen LogP) is 3.06.